The number of ether oxygens (including phenoxy) is 1. The largest absolute Gasteiger partial charge is 0.497 e. The first-order valence-corrected chi connectivity index (χ1v) is 11.2. The van der Waals surface area contributed by atoms with E-state index in [1.165, 1.54) is 4.68 Å². The molecule has 0 aliphatic rings. The second-order valence-corrected chi connectivity index (χ2v) is 8.44. The van der Waals surface area contributed by atoms with Gasteiger partial charge in [-0.05, 0) is 67.2 Å². The van der Waals surface area contributed by atoms with Crippen molar-refractivity contribution in [1.82, 2.24) is 14.3 Å². The van der Waals surface area contributed by atoms with Gasteiger partial charge in [0.15, 0.2) is 5.82 Å². The van der Waals surface area contributed by atoms with Gasteiger partial charge in [0, 0.05) is 5.56 Å². The Hall–Kier alpha value is -3.13. The monoisotopic (exact) mass is 498 g/mol. The molecule has 0 aliphatic heterocycles. The second-order valence-electron chi connectivity index (χ2n) is 7.26. The Morgan fingerprint density at radius 3 is 2.33 bits per heavy atom. The van der Waals surface area contributed by atoms with Crippen LogP contribution in [-0.4, -0.2) is 27.4 Å². The maximum atomic E-state index is 12.8. The van der Waals surface area contributed by atoms with Gasteiger partial charge in [-0.1, -0.05) is 47.5 Å². The van der Waals surface area contributed by atoms with Crippen LogP contribution in [-0.2, 0) is 11.3 Å². The zero-order chi connectivity index (χ0) is 23.5. The summed E-state index contributed by atoms with van der Waals surface area (Å²) in [4.78, 5) is 12.8. The summed E-state index contributed by atoms with van der Waals surface area (Å²) < 4.78 is 9.00. The number of methoxy groups -OCH3 is 1. The van der Waals surface area contributed by atoms with E-state index in [0.29, 0.717) is 26.3 Å². The van der Waals surface area contributed by atoms with Crippen LogP contribution in [0, 0.1) is 11.7 Å². The van der Waals surface area contributed by atoms with Gasteiger partial charge in [0.1, 0.15) is 12.3 Å². The van der Waals surface area contributed by atoms with Gasteiger partial charge in [0.05, 0.1) is 28.5 Å². The molecule has 1 N–H and O–H groups in total. The Morgan fingerprint density at radius 2 is 1.70 bits per heavy atom. The van der Waals surface area contributed by atoms with Crippen molar-refractivity contribution in [2.75, 3.05) is 12.4 Å². The standard InChI is InChI=1S/C24H20Cl2N4O2S/c1-15-6-3-4-9-20(15)30-23(16-10-12-17(32-2)13-11-16)28-29(24(30)33)14-21(31)27-22-18(25)7-5-8-19(22)26/h3-13H,14H2,1-2H3,(H,27,31). The topological polar surface area (TPSA) is 61.1 Å². The number of nitrogens with one attached hydrogen (secondary N) is 1. The number of carbonyl (C=O) groups is 1. The number of aromatic nitrogens is 3. The van der Waals surface area contributed by atoms with Crippen LogP contribution in [0.2, 0.25) is 10.0 Å². The number of nitrogens with zero attached hydrogens (tertiary/aromatic N) is 3. The summed E-state index contributed by atoms with van der Waals surface area (Å²) >= 11 is 18.1. The summed E-state index contributed by atoms with van der Waals surface area (Å²) in [5.41, 5.74) is 3.09. The normalized spacial score (nSPS) is 10.8. The van der Waals surface area contributed by atoms with Crippen molar-refractivity contribution in [3.8, 4) is 22.8 Å². The number of rotatable bonds is 6. The number of hydrogen-bond acceptors (Lipinski definition) is 4. The molecule has 4 aromatic rings. The highest BCUT2D eigenvalue weighted by Crippen LogP contribution is 2.30. The fourth-order valence-corrected chi connectivity index (χ4v) is 4.18. The SMILES string of the molecule is COc1ccc(-c2nn(CC(=O)Nc3c(Cl)cccc3Cl)c(=S)n2-c2ccccc2C)cc1. The van der Waals surface area contributed by atoms with E-state index >= 15 is 0 Å². The van der Waals surface area contributed by atoms with E-state index < -0.39 is 0 Å². The summed E-state index contributed by atoms with van der Waals surface area (Å²) in [6, 6.07) is 20.4. The number of halogens is 2. The molecule has 168 valence electrons. The van der Waals surface area contributed by atoms with E-state index in [0.717, 1.165) is 22.6 Å². The molecule has 0 atom stereocenters. The summed E-state index contributed by atoms with van der Waals surface area (Å²) in [5, 5.41) is 8.14. The zero-order valence-corrected chi connectivity index (χ0v) is 20.2. The number of para-hydroxylation sites is 2. The lowest BCUT2D eigenvalue weighted by molar-refractivity contribution is -0.116. The van der Waals surface area contributed by atoms with Crippen molar-refractivity contribution in [3.05, 3.63) is 87.1 Å². The molecule has 6 nitrogen and oxygen atoms in total. The van der Waals surface area contributed by atoms with Crippen LogP contribution in [0.1, 0.15) is 5.56 Å². The molecule has 33 heavy (non-hydrogen) atoms. The molecular formula is C24H20Cl2N4O2S. The Labute approximate surface area is 206 Å². The predicted octanol–water partition coefficient (Wildman–Crippen LogP) is 6.33. The van der Waals surface area contributed by atoms with Gasteiger partial charge < -0.3 is 10.1 Å². The van der Waals surface area contributed by atoms with Crippen molar-refractivity contribution in [2.45, 2.75) is 13.5 Å². The van der Waals surface area contributed by atoms with Crippen LogP contribution in [0.4, 0.5) is 5.69 Å². The number of hydrogen-bond donors (Lipinski definition) is 1. The molecule has 1 aromatic heterocycles. The second kappa shape index (κ2) is 9.79. The lowest BCUT2D eigenvalue weighted by atomic mass is 10.1. The highest BCUT2D eigenvalue weighted by molar-refractivity contribution is 7.71. The molecule has 0 radical (unpaired) electrons. The highest BCUT2D eigenvalue weighted by Gasteiger charge is 2.18. The van der Waals surface area contributed by atoms with Crippen molar-refractivity contribution < 1.29 is 9.53 Å². The summed E-state index contributed by atoms with van der Waals surface area (Å²) in [7, 11) is 1.61. The molecule has 9 heteroatoms. The molecule has 1 heterocycles. The van der Waals surface area contributed by atoms with Gasteiger partial charge in [0.2, 0.25) is 10.7 Å². The number of aryl methyl sites for hydroxylation is 1. The van der Waals surface area contributed by atoms with E-state index in [-0.39, 0.29) is 12.5 Å². The third-order valence-corrected chi connectivity index (χ3v) is 6.09. The summed E-state index contributed by atoms with van der Waals surface area (Å²) in [6.45, 7) is 1.89. The minimum absolute atomic E-state index is 0.109. The third kappa shape index (κ3) is 4.80. The molecule has 0 unspecified atom stereocenters. The fourth-order valence-electron chi connectivity index (χ4n) is 3.40. The molecule has 1 amide bonds. The number of anilines is 1. The van der Waals surface area contributed by atoms with Gasteiger partial charge >= 0.3 is 0 Å². The number of carbonyl (C=O) groups excluding carboxylic acids is 1. The van der Waals surface area contributed by atoms with Gasteiger partial charge in [0.25, 0.3) is 0 Å². The predicted molar refractivity (Wildman–Crippen MR) is 134 cm³/mol. The molecule has 0 bridgehead atoms. The number of amides is 1. The molecule has 3 aromatic carbocycles. The highest BCUT2D eigenvalue weighted by atomic mass is 35.5. The van der Waals surface area contributed by atoms with E-state index in [1.807, 2.05) is 60.0 Å². The van der Waals surface area contributed by atoms with Crippen LogP contribution in [0.25, 0.3) is 17.1 Å². The first kappa shape index (κ1) is 23.0. The molecule has 0 saturated carbocycles. The average Bonchev–Trinajstić information content (AvgIpc) is 3.12. The van der Waals surface area contributed by atoms with Gasteiger partial charge in [-0.2, -0.15) is 5.10 Å². The van der Waals surface area contributed by atoms with Crippen LogP contribution >= 0.6 is 35.4 Å². The van der Waals surface area contributed by atoms with Crippen molar-refractivity contribution in [2.24, 2.45) is 0 Å². The molecule has 0 spiro atoms. The van der Waals surface area contributed by atoms with Gasteiger partial charge in [-0.25, -0.2) is 4.68 Å². The maximum Gasteiger partial charge on any atom is 0.246 e. The number of benzene rings is 3. The zero-order valence-electron chi connectivity index (χ0n) is 17.9. The Morgan fingerprint density at radius 1 is 1.03 bits per heavy atom. The Kier molecular flexibility index (Phi) is 6.83. The van der Waals surface area contributed by atoms with E-state index in [2.05, 4.69) is 10.4 Å². The fraction of sp³-hybridized carbons (Fsp3) is 0.125. The molecule has 0 fully saturated rings. The molecule has 4 rings (SSSR count). The minimum atomic E-state index is -0.350. The summed E-state index contributed by atoms with van der Waals surface area (Å²) in [6.07, 6.45) is 0. The average molecular weight is 499 g/mol. The Bertz CT molecular complexity index is 1360. The summed E-state index contributed by atoms with van der Waals surface area (Å²) in [5.74, 6) is 0.993. The van der Waals surface area contributed by atoms with E-state index in [4.69, 9.17) is 40.2 Å². The minimum Gasteiger partial charge on any atom is -0.497 e. The quantitative estimate of drug-likeness (QED) is 0.315. The van der Waals surface area contributed by atoms with Crippen LogP contribution in [0.3, 0.4) is 0 Å². The van der Waals surface area contributed by atoms with Gasteiger partial charge in [-0.3, -0.25) is 9.36 Å². The van der Waals surface area contributed by atoms with Crippen LogP contribution in [0.15, 0.2) is 66.7 Å². The van der Waals surface area contributed by atoms with Crippen molar-refractivity contribution in [3.63, 3.8) is 0 Å². The van der Waals surface area contributed by atoms with Crippen molar-refractivity contribution >= 4 is 47.0 Å². The smallest absolute Gasteiger partial charge is 0.246 e. The molecular weight excluding hydrogens is 479 g/mol. The molecule has 0 saturated heterocycles. The lowest BCUT2D eigenvalue weighted by Crippen LogP contribution is -2.20. The Balaban J connectivity index is 1.75. The first-order valence-electron chi connectivity index (χ1n) is 10.0. The maximum absolute atomic E-state index is 12.8. The van der Waals surface area contributed by atoms with E-state index in [9.17, 15) is 4.79 Å². The van der Waals surface area contributed by atoms with Crippen molar-refractivity contribution in [1.29, 1.82) is 0 Å². The van der Waals surface area contributed by atoms with Gasteiger partial charge in [-0.15, -0.1) is 0 Å². The van der Waals surface area contributed by atoms with E-state index in [1.54, 1.807) is 25.3 Å². The van der Waals surface area contributed by atoms with Crippen LogP contribution < -0.4 is 10.1 Å². The first-order chi connectivity index (χ1) is 15.9. The lowest BCUT2D eigenvalue weighted by Gasteiger charge is -2.10. The molecule has 0 aliphatic carbocycles. The van der Waals surface area contributed by atoms with Crippen LogP contribution in [0.5, 0.6) is 5.75 Å². The third-order valence-electron chi connectivity index (χ3n) is 5.06.